The minimum Gasteiger partial charge on any atom is -0.481 e. The van der Waals surface area contributed by atoms with Gasteiger partial charge >= 0.3 is 5.97 Å². The van der Waals surface area contributed by atoms with Gasteiger partial charge in [0.15, 0.2) is 0 Å². The molecule has 1 unspecified atom stereocenters. The van der Waals surface area contributed by atoms with Gasteiger partial charge < -0.3 is 15.7 Å². The Morgan fingerprint density at radius 2 is 1.86 bits per heavy atom. The molecule has 1 aromatic rings. The lowest BCUT2D eigenvalue weighted by Crippen LogP contribution is -2.29. The summed E-state index contributed by atoms with van der Waals surface area (Å²) in [6, 6.07) is 6.66. The summed E-state index contributed by atoms with van der Waals surface area (Å²) in [6.45, 7) is 2.08. The number of rotatable bonds is 7. The Balaban J connectivity index is 1.82. The number of nitrogens with one attached hydrogen (secondary N) is 2. The van der Waals surface area contributed by atoms with E-state index in [4.69, 9.17) is 5.11 Å². The molecule has 1 saturated carbocycles. The zero-order valence-corrected chi connectivity index (χ0v) is 12.5. The smallest absolute Gasteiger partial charge is 0.303 e. The molecule has 0 heterocycles. The van der Waals surface area contributed by atoms with Gasteiger partial charge in [0.25, 0.3) is 5.91 Å². The molecule has 0 saturated heterocycles. The Morgan fingerprint density at radius 3 is 2.41 bits per heavy atom. The van der Waals surface area contributed by atoms with Gasteiger partial charge in [-0.2, -0.15) is 0 Å². The SMILES string of the molecule is CC(CNC(=O)c1ccc(NC(=O)C2CC2)cc1)CC(=O)O. The maximum absolute atomic E-state index is 11.9. The Bertz CT molecular complexity index is 564. The van der Waals surface area contributed by atoms with E-state index >= 15 is 0 Å². The average Bonchev–Trinajstić information content (AvgIpc) is 3.29. The van der Waals surface area contributed by atoms with E-state index in [2.05, 4.69) is 10.6 Å². The van der Waals surface area contributed by atoms with E-state index in [9.17, 15) is 14.4 Å². The van der Waals surface area contributed by atoms with Gasteiger partial charge in [-0.1, -0.05) is 6.92 Å². The second kappa shape index (κ2) is 7.06. The van der Waals surface area contributed by atoms with Gasteiger partial charge in [0.05, 0.1) is 0 Å². The van der Waals surface area contributed by atoms with Crippen LogP contribution in [0, 0.1) is 11.8 Å². The molecule has 2 amide bonds. The summed E-state index contributed by atoms with van der Waals surface area (Å²) in [7, 11) is 0. The number of benzene rings is 1. The highest BCUT2D eigenvalue weighted by atomic mass is 16.4. The Labute approximate surface area is 128 Å². The molecule has 1 aliphatic carbocycles. The molecule has 2 rings (SSSR count). The minimum absolute atomic E-state index is 0.0203. The normalized spacial score (nSPS) is 15.0. The first-order valence-electron chi connectivity index (χ1n) is 7.36. The van der Waals surface area contributed by atoms with Crippen molar-refractivity contribution in [1.29, 1.82) is 0 Å². The van der Waals surface area contributed by atoms with Crippen LogP contribution in [0.2, 0.25) is 0 Å². The van der Waals surface area contributed by atoms with Gasteiger partial charge in [-0.25, -0.2) is 0 Å². The zero-order chi connectivity index (χ0) is 16.1. The molecule has 6 heteroatoms. The third-order valence-electron chi connectivity index (χ3n) is 3.50. The van der Waals surface area contributed by atoms with Crippen molar-refractivity contribution in [3.63, 3.8) is 0 Å². The van der Waals surface area contributed by atoms with Crippen LogP contribution in [0.4, 0.5) is 5.69 Å². The van der Waals surface area contributed by atoms with E-state index < -0.39 is 5.97 Å². The maximum Gasteiger partial charge on any atom is 0.303 e. The van der Waals surface area contributed by atoms with Gasteiger partial charge in [-0.15, -0.1) is 0 Å². The second-order valence-electron chi connectivity index (χ2n) is 5.75. The molecular formula is C16H20N2O4. The van der Waals surface area contributed by atoms with Crippen molar-refractivity contribution in [1.82, 2.24) is 5.32 Å². The molecule has 3 N–H and O–H groups in total. The van der Waals surface area contributed by atoms with E-state index in [0.29, 0.717) is 17.8 Å². The summed E-state index contributed by atoms with van der Waals surface area (Å²) in [5, 5.41) is 14.2. The number of carboxylic acids is 1. The zero-order valence-electron chi connectivity index (χ0n) is 12.5. The number of amides is 2. The van der Waals surface area contributed by atoms with Gasteiger partial charge in [-0.05, 0) is 43.0 Å². The summed E-state index contributed by atoms with van der Waals surface area (Å²) < 4.78 is 0. The van der Waals surface area contributed by atoms with Gasteiger partial charge in [0, 0.05) is 30.1 Å². The number of anilines is 1. The van der Waals surface area contributed by atoms with E-state index in [1.54, 1.807) is 31.2 Å². The van der Waals surface area contributed by atoms with E-state index in [-0.39, 0.29) is 30.1 Å². The van der Waals surface area contributed by atoms with Crippen LogP contribution < -0.4 is 10.6 Å². The number of hydrogen-bond acceptors (Lipinski definition) is 3. The van der Waals surface area contributed by atoms with E-state index in [1.165, 1.54) is 0 Å². The summed E-state index contributed by atoms with van der Waals surface area (Å²) in [4.78, 5) is 34.1. The number of carbonyl (C=O) groups is 3. The Morgan fingerprint density at radius 1 is 1.23 bits per heavy atom. The standard InChI is InChI=1S/C16H20N2O4/c1-10(8-14(19)20)9-17-15(21)11-4-6-13(7-5-11)18-16(22)12-2-3-12/h4-7,10,12H,2-3,8-9H2,1H3,(H,17,21)(H,18,22)(H,19,20). The molecule has 0 aromatic heterocycles. The summed E-state index contributed by atoms with van der Waals surface area (Å²) in [6.07, 6.45) is 1.91. The molecule has 22 heavy (non-hydrogen) atoms. The predicted octanol–water partition coefficient (Wildman–Crippen LogP) is 1.88. The van der Waals surface area contributed by atoms with Crippen molar-refractivity contribution in [3.05, 3.63) is 29.8 Å². The minimum atomic E-state index is -0.877. The van der Waals surface area contributed by atoms with Crippen LogP contribution in [0.25, 0.3) is 0 Å². The fourth-order valence-electron chi connectivity index (χ4n) is 2.03. The lowest BCUT2D eigenvalue weighted by atomic mass is 10.1. The van der Waals surface area contributed by atoms with E-state index in [0.717, 1.165) is 12.8 Å². The molecule has 1 atom stereocenters. The highest BCUT2D eigenvalue weighted by Gasteiger charge is 2.29. The van der Waals surface area contributed by atoms with Crippen molar-refractivity contribution < 1.29 is 19.5 Å². The molecule has 1 aromatic carbocycles. The number of aliphatic carboxylic acids is 1. The highest BCUT2D eigenvalue weighted by Crippen LogP contribution is 2.30. The molecule has 6 nitrogen and oxygen atoms in total. The van der Waals surface area contributed by atoms with Crippen molar-refractivity contribution in [2.24, 2.45) is 11.8 Å². The lowest BCUT2D eigenvalue weighted by molar-refractivity contribution is -0.137. The summed E-state index contributed by atoms with van der Waals surface area (Å²) >= 11 is 0. The first-order chi connectivity index (χ1) is 10.5. The highest BCUT2D eigenvalue weighted by molar-refractivity contribution is 5.96. The van der Waals surface area contributed by atoms with Gasteiger partial charge in [0.1, 0.15) is 0 Å². The van der Waals surface area contributed by atoms with Gasteiger partial charge in [-0.3, -0.25) is 14.4 Å². The second-order valence-corrected chi connectivity index (χ2v) is 5.75. The monoisotopic (exact) mass is 304 g/mol. The lowest BCUT2D eigenvalue weighted by Gasteiger charge is -2.11. The molecule has 0 spiro atoms. The van der Waals surface area contributed by atoms with Crippen LogP contribution >= 0.6 is 0 Å². The largest absolute Gasteiger partial charge is 0.481 e. The Kier molecular flexibility index (Phi) is 5.14. The molecule has 0 radical (unpaired) electrons. The average molecular weight is 304 g/mol. The van der Waals surface area contributed by atoms with Crippen LogP contribution in [0.5, 0.6) is 0 Å². The maximum atomic E-state index is 11.9. The third-order valence-corrected chi connectivity index (χ3v) is 3.50. The Hall–Kier alpha value is -2.37. The van der Waals surface area contributed by atoms with Crippen LogP contribution in [-0.4, -0.2) is 29.4 Å². The summed E-state index contributed by atoms with van der Waals surface area (Å²) in [5.41, 5.74) is 1.15. The summed E-state index contributed by atoms with van der Waals surface area (Å²) in [5.74, 6) is -1.09. The van der Waals surface area contributed by atoms with Gasteiger partial charge in [0.2, 0.25) is 5.91 Å². The van der Waals surface area contributed by atoms with Crippen molar-refractivity contribution >= 4 is 23.5 Å². The first-order valence-corrected chi connectivity index (χ1v) is 7.36. The van der Waals surface area contributed by atoms with Crippen LogP contribution in [-0.2, 0) is 9.59 Å². The van der Waals surface area contributed by atoms with Crippen molar-refractivity contribution in [3.8, 4) is 0 Å². The van der Waals surface area contributed by atoms with Crippen LogP contribution in [0.15, 0.2) is 24.3 Å². The molecule has 1 aliphatic rings. The predicted molar refractivity (Wildman–Crippen MR) is 81.5 cm³/mol. The fourth-order valence-corrected chi connectivity index (χ4v) is 2.03. The molecule has 118 valence electrons. The van der Waals surface area contributed by atoms with Crippen molar-refractivity contribution in [2.45, 2.75) is 26.2 Å². The number of carbonyl (C=O) groups excluding carboxylic acids is 2. The fraction of sp³-hybridized carbons (Fsp3) is 0.438. The van der Waals surface area contributed by atoms with Crippen molar-refractivity contribution in [2.75, 3.05) is 11.9 Å². The molecule has 1 fully saturated rings. The third kappa shape index (κ3) is 4.87. The molecule has 0 aliphatic heterocycles. The van der Waals surface area contributed by atoms with Crippen LogP contribution in [0.1, 0.15) is 36.5 Å². The van der Waals surface area contributed by atoms with E-state index in [1.807, 2.05) is 0 Å². The quantitative estimate of drug-likeness (QED) is 0.716. The number of hydrogen-bond donors (Lipinski definition) is 3. The number of carboxylic acid groups (broad SMARTS) is 1. The topological polar surface area (TPSA) is 95.5 Å². The molecule has 0 bridgehead atoms. The first kappa shape index (κ1) is 16.0. The van der Waals surface area contributed by atoms with Crippen LogP contribution in [0.3, 0.4) is 0 Å². The molecular weight excluding hydrogens is 284 g/mol.